The number of carbonyl (C=O) groups is 1. The molecule has 1 heterocycles. The second-order valence-electron chi connectivity index (χ2n) is 10.2. The fourth-order valence-corrected chi connectivity index (χ4v) is 5.90. The molecule has 1 saturated carbocycles. The monoisotopic (exact) mass is 477 g/mol. The summed E-state index contributed by atoms with van der Waals surface area (Å²) >= 11 is 0. The van der Waals surface area contributed by atoms with Crippen molar-refractivity contribution in [2.75, 3.05) is 21.3 Å². The zero-order valence-corrected chi connectivity index (χ0v) is 21.3. The Balaban J connectivity index is 1.41. The first kappa shape index (κ1) is 25.1. The van der Waals surface area contributed by atoms with Gasteiger partial charge in [-0.25, -0.2) is 4.99 Å². The van der Waals surface area contributed by atoms with Crippen molar-refractivity contribution in [3.8, 4) is 11.5 Å². The third kappa shape index (κ3) is 5.80. The Bertz CT molecular complexity index is 1040. The molecule has 2 aromatic rings. The maximum absolute atomic E-state index is 13.4. The normalized spacial score (nSPS) is 24.4. The Morgan fingerprint density at radius 1 is 1.06 bits per heavy atom. The number of ether oxygens (including phenoxy) is 2. The predicted octanol–water partition coefficient (Wildman–Crippen LogP) is 4.99. The van der Waals surface area contributed by atoms with Crippen LogP contribution in [0.15, 0.2) is 53.5 Å². The van der Waals surface area contributed by atoms with Crippen molar-refractivity contribution in [1.29, 1.82) is 0 Å². The number of amides is 1. The molecular formula is C29H39N3O3. The molecule has 2 N–H and O–H groups in total. The lowest BCUT2D eigenvalue weighted by atomic mass is 9.72. The molecule has 0 spiro atoms. The minimum atomic E-state index is -0.736. The molecule has 3 atom stereocenters. The summed E-state index contributed by atoms with van der Waals surface area (Å²) in [5.41, 5.74) is 7.86. The van der Waals surface area contributed by atoms with Crippen LogP contribution in [-0.4, -0.2) is 43.6 Å². The van der Waals surface area contributed by atoms with Gasteiger partial charge in [-0.3, -0.25) is 9.69 Å². The summed E-state index contributed by atoms with van der Waals surface area (Å²) in [6.45, 7) is 0. The molecule has 1 aliphatic carbocycles. The molecule has 6 heteroatoms. The molecule has 35 heavy (non-hydrogen) atoms. The van der Waals surface area contributed by atoms with E-state index in [2.05, 4.69) is 18.2 Å². The zero-order valence-electron chi connectivity index (χ0n) is 21.3. The molecule has 1 fully saturated rings. The first-order valence-electron chi connectivity index (χ1n) is 12.8. The number of carbonyl (C=O) groups excluding carboxylic acids is 1. The number of hydrogen-bond acceptors (Lipinski definition) is 5. The van der Waals surface area contributed by atoms with Gasteiger partial charge in [0, 0.05) is 13.1 Å². The van der Waals surface area contributed by atoms with E-state index in [4.69, 9.17) is 20.2 Å². The lowest BCUT2D eigenvalue weighted by Gasteiger charge is -2.34. The molecule has 1 amide bonds. The number of rotatable bonds is 10. The van der Waals surface area contributed by atoms with Crippen molar-refractivity contribution >= 4 is 11.9 Å². The number of aryl methyl sites for hydroxylation is 2. The van der Waals surface area contributed by atoms with Crippen LogP contribution in [0.1, 0.15) is 56.1 Å². The third-order valence-electron chi connectivity index (χ3n) is 7.88. The van der Waals surface area contributed by atoms with E-state index in [0.29, 0.717) is 24.2 Å². The lowest BCUT2D eigenvalue weighted by molar-refractivity contribution is -0.131. The Morgan fingerprint density at radius 3 is 2.51 bits per heavy atom. The lowest BCUT2D eigenvalue weighted by Crippen LogP contribution is -2.44. The highest BCUT2D eigenvalue weighted by Gasteiger charge is 2.47. The highest BCUT2D eigenvalue weighted by molar-refractivity contribution is 6.06. The number of hydrogen-bond donors (Lipinski definition) is 1. The summed E-state index contributed by atoms with van der Waals surface area (Å²) in [7, 11) is 5.14. The van der Waals surface area contributed by atoms with Crippen LogP contribution in [0.3, 0.4) is 0 Å². The summed E-state index contributed by atoms with van der Waals surface area (Å²) in [4.78, 5) is 19.7. The second-order valence-corrected chi connectivity index (χ2v) is 10.2. The van der Waals surface area contributed by atoms with Crippen molar-refractivity contribution in [2.45, 2.75) is 63.3 Å². The quantitative estimate of drug-likeness (QED) is 0.523. The van der Waals surface area contributed by atoms with Gasteiger partial charge in [0.2, 0.25) is 0 Å². The van der Waals surface area contributed by atoms with Crippen molar-refractivity contribution in [3.05, 3.63) is 59.7 Å². The van der Waals surface area contributed by atoms with E-state index >= 15 is 0 Å². The van der Waals surface area contributed by atoms with Crippen molar-refractivity contribution in [1.82, 2.24) is 4.90 Å². The predicted molar refractivity (Wildman–Crippen MR) is 140 cm³/mol. The Kier molecular flexibility index (Phi) is 7.99. The average molecular weight is 478 g/mol. The molecule has 0 bridgehead atoms. The minimum absolute atomic E-state index is 0.0519. The van der Waals surface area contributed by atoms with E-state index < -0.39 is 5.54 Å². The van der Waals surface area contributed by atoms with Crippen LogP contribution in [-0.2, 0) is 17.6 Å². The second kappa shape index (κ2) is 11.1. The van der Waals surface area contributed by atoms with Crippen LogP contribution in [0.4, 0.5) is 0 Å². The number of guanidine groups is 1. The standard InChI is InChI=1S/C29H39N3O3/c1-32-27(33)29(31-28(32)30,17-16-21-8-5-4-6-9-21)20-23-11-7-10-22(18-23)12-13-24-14-15-25(34-2)19-26(24)35-3/h4-6,8-9,14-15,19,22-23H,7,10-13,16-18,20H2,1-3H3,(H2,30,31)/t22-,23+,29-/m1/s1. The summed E-state index contributed by atoms with van der Waals surface area (Å²) in [5.74, 6) is 3.23. The number of benzene rings is 2. The Hall–Kier alpha value is -3.02. The zero-order chi connectivity index (χ0) is 24.8. The summed E-state index contributed by atoms with van der Waals surface area (Å²) in [5, 5.41) is 0. The van der Waals surface area contributed by atoms with Crippen molar-refractivity contribution < 1.29 is 14.3 Å². The number of methoxy groups -OCH3 is 2. The maximum Gasteiger partial charge on any atom is 0.257 e. The molecule has 0 radical (unpaired) electrons. The first-order valence-corrected chi connectivity index (χ1v) is 12.8. The van der Waals surface area contributed by atoms with E-state index in [1.54, 1.807) is 26.2 Å². The van der Waals surface area contributed by atoms with Gasteiger partial charge < -0.3 is 15.2 Å². The van der Waals surface area contributed by atoms with Crippen molar-refractivity contribution in [2.24, 2.45) is 22.6 Å². The van der Waals surface area contributed by atoms with Crippen LogP contribution in [0.5, 0.6) is 11.5 Å². The van der Waals surface area contributed by atoms with Gasteiger partial charge in [0.1, 0.15) is 17.0 Å². The van der Waals surface area contributed by atoms with E-state index in [9.17, 15) is 4.79 Å². The van der Waals surface area contributed by atoms with Gasteiger partial charge in [-0.15, -0.1) is 0 Å². The summed E-state index contributed by atoms with van der Waals surface area (Å²) in [6, 6.07) is 16.4. The van der Waals surface area contributed by atoms with Gasteiger partial charge in [0.25, 0.3) is 5.91 Å². The van der Waals surface area contributed by atoms with Crippen LogP contribution >= 0.6 is 0 Å². The maximum atomic E-state index is 13.4. The van der Waals surface area contributed by atoms with Gasteiger partial charge in [0.15, 0.2) is 5.96 Å². The number of nitrogens with two attached hydrogens (primary N) is 1. The van der Waals surface area contributed by atoms with E-state index in [0.717, 1.165) is 50.0 Å². The molecule has 0 unspecified atom stereocenters. The average Bonchev–Trinajstić information content (AvgIpc) is 3.10. The highest BCUT2D eigenvalue weighted by atomic mass is 16.5. The number of nitrogens with zero attached hydrogens (tertiary/aromatic N) is 2. The van der Waals surface area contributed by atoms with Crippen LogP contribution in [0, 0.1) is 11.8 Å². The van der Waals surface area contributed by atoms with Gasteiger partial charge in [-0.05, 0) is 67.6 Å². The Morgan fingerprint density at radius 2 is 1.83 bits per heavy atom. The molecule has 4 rings (SSSR count). The topological polar surface area (TPSA) is 77.2 Å². The van der Waals surface area contributed by atoms with Gasteiger partial charge in [-0.2, -0.15) is 0 Å². The molecule has 0 saturated heterocycles. The molecule has 188 valence electrons. The Labute approximate surface area is 209 Å². The molecule has 2 aromatic carbocycles. The third-order valence-corrected chi connectivity index (χ3v) is 7.88. The van der Waals surface area contributed by atoms with Gasteiger partial charge in [-0.1, -0.05) is 55.7 Å². The molecule has 2 aliphatic rings. The summed E-state index contributed by atoms with van der Waals surface area (Å²) < 4.78 is 10.9. The molecular weight excluding hydrogens is 438 g/mol. The van der Waals surface area contributed by atoms with Gasteiger partial charge >= 0.3 is 0 Å². The smallest absolute Gasteiger partial charge is 0.257 e. The van der Waals surface area contributed by atoms with Gasteiger partial charge in [0.05, 0.1) is 14.2 Å². The van der Waals surface area contributed by atoms with E-state index in [1.807, 2.05) is 30.3 Å². The molecule has 0 aromatic heterocycles. The largest absolute Gasteiger partial charge is 0.497 e. The first-order chi connectivity index (χ1) is 16.9. The van der Waals surface area contributed by atoms with Crippen LogP contribution < -0.4 is 15.2 Å². The van der Waals surface area contributed by atoms with Crippen molar-refractivity contribution in [3.63, 3.8) is 0 Å². The fourth-order valence-electron chi connectivity index (χ4n) is 5.90. The SMILES string of the molecule is COc1ccc(CC[C@H]2CCC[C@H](C[C@@]3(CCc4ccccc4)N=C(N)N(C)C3=O)C2)c(OC)c1. The summed E-state index contributed by atoms with van der Waals surface area (Å²) in [6.07, 6.45) is 9.14. The highest BCUT2D eigenvalue weighted by Crippen LogP contribution is 2.41. The van der Waals surface area contributed by atoms with Crippen LogP contribution in [0.2, 0.25) is 0 Å². The number of aliphatic imine (C=N–C) groups is 1. The van der Waals surface area contributed by atoms with E-state index in [1.165, 1.54) is 24.0 Å². The molecule has 1 aliphatic heterocycles. The van der Waals surface area contributed by atoms with E-state index in [-0.39, 0.29) is 5.91 Å². The molecule has 6 nitrogen and oxygen atoms in total. The minimum Gasteiger partial charge on any atom is -0.497 e. The fraction of sp³-hybridized carbons (Fsp3) is 0.517. The number of likely N-dealkylation sites (N-methyl/N-ethyl adjacent to an activating group) is 1. The van der Waals surface area contributed by atoms with Crippen LogP contribution in [0.25, 0.3) is 0 Å².